The average molecular weight is 541 g/mol. The van der Waals surface area contributed by atoms with Gasteiger partial charge in [0.25, 0.3) is 0 Å². The molecule has 0 saturated carbocycles. The van der Waals surface area contributed by atoms with E-state index < -0.39 is 0 Å². The SMILES string of the molecule is C=CC(=O)OCC[N+](C)(CCCC)CCCC.C=CC(=O)OCC[N+](C)(CCCC)CCCCCCCC. The highest BCUT2D eigenvalue weighted by Gasteiger charge is 2.21. The molecule has 0 aromatic rings. The first-order valence-corrected chi connectivity index (χ1v) is 15.4. The van der Waals surface area contributed by atoms with Crippen LogP contribution in [0.1, 0.15) is 105 Å². The molecule has 0 bridgehead atoms. The lowest BCUT2D eigenvalue weighted by molar-refractivity contribution is -0.910. The molecule has 0 aliphatic rings. The molecule has 6 nitrogen and oxygen atoms in total. The smallest absolute Gasteiger partial charge is 0.330 e. The number of hydrogen-bond donors (Lipinski definition) is 0. The number of ether oxygens (including phenoxy) is 2. The average Bonchev–Trinajstić information content (AvgIpc) is 2.91. The van der Waals surface area contributed by atoms with Gasteiger partial charge in [-0.25, -0.2) is 9.59 Å². The molecule has 0 radical (unpaired) electrons. The van der Waals surface area contributed by atoms with E-state index in [1.54, 1.807) is 0 Å². The Morgan fingerprint density at radius 3 is 1.18 bits per heavy atom. The third kappa shape index (κ3) is 23.5. The summed E-state index contributed by atoms with van der Waals surface area (Å²) >= 11 is 0. The summed E-state index contributed by atoms with van der Waals surface area (Å²) in [4.78, 5) is 22.1. The zero-order valence-corrected chi connectivity index (χ0v) is 26.2. The Hall–Kier alpha value is -1.66. The fourth-order valence-electron chi connectivity index (χ4n) is 4.42. The topological polar surface area (TPSA) is 52.6 Å². The predicted molar refractivity (Wildman–Crippen MR) is 162 cm³/mol. The molecule has 0 aromatic carbocycles. The van der Waals surface area contributed by atoms with Gasteiger partial charge in [-0.1, -0.05) is 85.8 Å². The van der Waals surface area contributed by atoms with Crippen molar-refractivity contribution < 1.29 is 28.0 Å². The van der Waals surface area contributed by atoms with Crippen molar-refractivity contribution in [3.63, 3.8) is 0 Å². The number of unbranched alkanes of at least 4 members (excludes halogenated alkanes) is 8. The quantitative estimate of drug-likeness (QED) is 0.0568. The molecule has 0 amide bonds. The summed E-state index contributed by atoms with van der Waals surface area (Å²) in [6.45, 7) is 23.2. The van der Waals surface area contributed by atoms with Crippen LogP contribution in [-0.2, 0) is 19.1 Å². The molecule has 0 aliphatic heterocycles. The van der Waals surface area contributed by atoms with Crippen LogP contribution in [0.15, 0.2) is 25.3 Å². The van der Waals surface area contributed by atoms with Crippen LogP contribution in [0.2, 0.25) is 0 Å². The lowest BCUT2D eigenvalue weighted by Crippen LogP contribution is -2.48. The van der Waals surface area contributed by atoms with Crippen molar-refractivity contribution in [1.29, 1.82) is 0 Å². The molecule has 0 aliphatic carbocycles. The molecular weight excluding hydrogens is 476 g/mol. The number of likely N-dealkylation sites (N-methyl/N-ethyl adjacent to an activating group) is 2. The fourth-order valence-corrected chi connectivity index (χ4v) is 4.42. The van der Waals surface area contributed by atoms with Gasteiger partial charge >= 0.3 is 11.9 Å². The number of carbonyl (C=O) groups excluding carboxylic acids is 2. The van der Waals surface area contributed by atoms with Gasteiger partial charge in [0.05, 0.1) is 40.3 Å². The molecular formula is C32H64N2O4+2. The molecule has 6 heteroatoms. The van der Waals surface area contributed by atoms with Gasteiger partial charge in [-0.2, -0.15) is 0 Å². The molecule has 0 aromatic heterocycles. The van der Waals surface area contributed by atoms with Crippen LogP contribution in [0.25, 0.3) is 0 Å². The van der Waals surface area contributed by atoms with Gasteiger partial charge in [0.1, 0.15) is 26.3 Å². The van der Waals surface area contributed by atoms with Crippen LogP contribution in [0.3, 0.4) is 0 Å². The summed E-state index contributed by atoms with van der Waals surface area (Å²) in [7, 11) is 4.55. The second kappa shape index (κ2) is 25.6. The van der Waals surface area contributed by atoms with Crippen molar-refractivity contribution in [3.8, 4) is 0 Å². The van der Waals surface area contributed by atoms with Gasteiger partial charge in [-0.05, 0) is 32.1 Å². The van der Waals surface area contributed by atoms with Crippen LogP contribution in [0, 0.1) is 0 Å². The molecule has 0 heterocycles. The molecule has 38 heavy (non-hydrogen) atoms. The van der Waals surface area contributed by atoms with Crippen molar-refractivity contribution in [3.05, 3.63) is 25.3 Å². The predicted octanol–water partition coefficient (Wildman–Crippen LogP) is 7.09. The Labute approximate surface area is 236 Å². The van der Waals surface area contributed by atoms with E-state index in [-0.39, 0.29) is 11.9 Å². The van der Waals surface area contributed by atoms with Crippen molar-refractivity contribution in [1.82, 2.24) is 0 Å². The van der Waals surface area contributed by atoms with Crippen molar-refractivity contribution >= 4 is 11.9 Å². The van der Waals surface area contributed by atoms with E-state index >= 15 is 0 Å². The number of quaternary nitrogens is 2. The van der Waals surface area contributed by atoms with Gasteiger partial charge in [0, 0.05) is 12.2 Å². The largest absolute Gasteiger partial charge is 0.457 e. The van der Waals surface area contributed by atoms with Crippen molar-refractivity contribution in [2.24, 2.45) is 0 Å². The Bertz CT molecular complexity index is 600. The van der Waals surface area contributed by atoms with Gasteiger partial charge in [0.2, 0.25) is 0 Å². The summed E-state index contributed by atoms with van der Waals surface area (Å²) in [5.41, 5.74) is 0. The summed E-state index contributed by atoms with van der Waals surface area (Å²) in [5, 5.41) is 0. The van der Waals surface area contributed by atoms with Crippen molar-refractivity contribution in [2.45, 2.75) is 105 Å². The van der Waals surface area contributed by atoms with Crippen LogP contribution in [-0.4, -0.2) is 87.5 Å². The Balaban J connectivity index is 0. The van der Waals surface area contributed by atoms with Crippen LogP contribution in [0.5, 0.6) is 0 Å². The number of rotatable bonds is 24. The highest BCUT2D eigenvalue weighted by Crippen LogP contribution is 2.12. The maximum atomic E-state index is 11.1. The first-order chi connectivity index (χ1) is 18.2. The van der Waals surface area contributed by atoms with E-state index in [2.05, 4.69) is 54.9 Å². The van der Waals surface area contributed by atoms with Gasteiger partial charge in [-0.3, -0.25) is 0 Å². The minimum Gasteiger partial charge on any atom is -0.457 e. The highest BCUT2D eigenvalue weighted by molar-refractivity contribution is 5.81. The third-order valence-corrected chi connectivity index (χ3v) is 7.29. The number of esters is 2. The molecule has 1 unspecified atom stereocenters. The van der Waals surface area contributed by atoms with E-state index in [1.807, 2.05) is 0 Å². The summed E-state index contributed by atoms with van der Waals surface area (Å²) in [6, 6.07) is 0. The van der Waals surface area contributed by atoms with Crippen LogP contribution < -0.4 is 0 Å². The van der Waals surface area contributed by atoms with E-state index in [1.165, 1.54) is 115 Å². The molecule has 0 fully saturated rings. The normalized spacial score (nSPS) is 12.6. The second-order valence-corrected chi connectivity index (χ2v) is 11.2. The standard InChI is InChI=1S/C18H36NO2.C14H28NO2/c1-5-8-10-11-12-13-15-19(4,14-9-6-2)16-17-21-18(20)7-3;1-5-8-10-15(4,11-9-6-2)12-13-17-14(16)7-3/h7H,3,5-6,8-17H2,1-2,4H3;7H,3,5-6,8-13H2,1-2,4H3/q2*+1. The summed E-state index contributed by atoms with van der Waals surface area (Å²) in [6.07, 6.45) is 17.8. The van der Waals surface area contributed by atoms with Crippen LogP contribution >= 0.6 is 0 Å². The molecule has 1 atom stereocenters. The maximum Gasteiger partial charge on any atom is 0.330 e. The zero-order valence-electron chi connectivity index (χ0n) is 26.2. The monoisotopic (exact) mass is 540 g/mol. The molecule has 0 N–H and O–H groups in total. The summed E-state index contributed by atoms with van der Waals surface area (Å²) in [5.74, 6) is -0.626. The molecule has 0 spiro atoms. The van der Waals surface area contributed by atoms with E-state index in [0.717, 1.165) is 22.1 Å². The van der Waals surface area contributed by atoms with E-state index in [9.17, 15) is 9.59 Å². The summed E-state index contributed by atoms with van der Waals surface area (Å²) < 4.78 is 12.3. The fraction of sp³-hybridized carbons (Fsp3) is 0.812. The highest BCUT2D eigenvalue weighted by atomic mass is 16.5. The number of nitrogens with zero attached hydrogens (tertiary/aromatic N) is 2. The Morgan fingerprint density at radius 1 is 0.526 bits per heavy atom. The van der Waals surface area contributed by atoms with Gasteiger partial charge in [0.15, 0.2) is 0 Å². The molecule has 0 saturated heterocycles. The minimum atomic E-state index is -0.317. The number of carbonyl (C=O) groups is 2. The molecule has 0 rings (SSSR count). The first kappa shape index (κ1) is 38.5. The second-order valence-electron chi connectivity index (χ2n) is 11.2. The van der Waals surface area contributed by atoms with E-state index in [0.29, 0.717) is 13.2 Å². The van der Waals surface area contributed by atoms with Gasteiger partial charge < -0.3 is 18.4 Å². The Kier molecular flexibility index (Phi) is 25.9. The first-order valence-electron chi connectivity index (χ1n) is 15.4. The lowest BCUT2D eigenvalue weighted by Gasteiger charge is -2.34. The van der Waals surface area contributed by atoms with Gasteiger partial charge in [-0.15, -0.1) is 0 Å². The molecule has 224 valence electrons. The maximum absolute atomic E-state index is 11.1. The van der Waals surface area contributed by atoms with E-state index in [4.69, 9.17) is 9.47 Å². The van der Waals surface area contributed by atoms with Crippen molar-refractivity contribution in [2.75, 3.05) is 66.6 Å². The van der Waals surface area contributed by atoms with Crippen LogP contribution in [0.4, 0.5) is 0 Å². The Morgan fingerprint density at radius 2 is 0.842 bits per heavy atom. The number of hydrogen-bond acceptors (Lipinski definition) is 4. The minimum absolute atomic E-state index is 0.309. The zero-order chi connectivity index (χ0) is 29.1. The third-order valence-electron chi connectivity index (χ3n) is 7.29. The lowest BCUT2D eigenvalue weighted by atomic mass is 10.1.